The lowest BCUT2D eigenvalue weighted by Crippen LogP contribution is -2.27. The molecule has 0 N–H and O–H groups in total. The Morgan fingerprint density at radius 3 is 2.63 bits per heavy atom. The van der Waals surface area contributed by atoms with E-state index >= 15 is 0 Å². The molecule has 0 atom stereocenters. The van der Waals surface area contributed by atoms with Crippen molar-refractivity contribution in [2.24, 2.45) is 0 Å². The highest BCUT2D eigenvalue weighted by Crippen LogP contribution is 2.34. The van der Waals surface area contributed by atoms with Gasteiger partial charge >= 0.3 is 6.18 Å². The Morgan fingerprint density at radius 1 is 1.47 bits per heavy atom. The van der Waals surface area contributed by atoms with Crippen molar-refractivity contribution in [3.8, 4) is 0 Å². The second-order valence-electron chi connectivity index (χ2n) is 4.12. The third-order valence-electron chi connectivity index (χ3n) is 2.85. The summed E-state index contributed by atoms with van der Waals surface area (Å²) in [6.45, 7) is 2.72. The Balaban J connectivity index is 2.26. The molecule has 4 nitrogen and oxygen atoms in total. The monoisotopic (exact) mass is 293 g/mol. The minimum Gasteiger partial charge on any atom is -0.328 e. The van der Waals surface area contributed by atoms with E-state index in [0.29, 0.717) is 6.54 Å². The summed E-state index contributed by atoms with van der Waals surface area (Å²) in [7, 11) is 0. The van der Waals surface area contributed by atoms with Gasteiger partial charge in [0, 0.05) is 12.7 Å². The van der Waals surface area contributed by atoms with Crippen LogP contribution in [0.4, 0.5) is 19.0 Å². The molecule has 8 heteroatoms. The van der Waals surface area contributed by atoms with E-state index in [1.54, 1.807) is 9.80 Å². The van der Waals surface area contributed by atoms with Crippen LogP contribution in [0.1, 0.15) is 12.5 Å². The van der Waals surface area contributed by atoms with Gasteiger partial charge in [-0.05, 0) is 13.0 Å². The van der Waals surface area contributed by atoms with Gasteiger partial charge in [0.2, 0.25) is 5.91 Å². The van der Waals surface area contributed by atoms with Crippen LogP contribution < -0.4 is 4.90 Å². The lowest BCUT2D eigenvalue weighted by molar-refractivity contribution is -0.137. The number of likely N-dealkylation sites (N-methyl/N-ethyl adjacent to an activating group) is 1. The van der Waals surface area contributed by atoms with E-state index in [2.05, 4.69) is 4.98 Å². The molecule has 0 unspecified atom stereocenters. The molecule has 1 fully saturated rings. The second-order valence-corrected chi connectivity index (χ2v) is 4.52. The van der Waals surface area contributed by atoms with Gasteiger partial charge in [-0.3, -0.25) is 4.79 Å². The third kappa shape index (κ3) is 2.75. The first kappa shape index (κ1) is 13.9. The predicted octanol–water partition coefficient (Wildman–Crippen LogP) is 2.38. The van der Waals surface area contributed by atoms with Gasteiger partial charge < -0.3 is 9.80 Å². The van der Waals surface area contributed by atoms with Crippen LogP contribution in [0.2, 0.25) is 5.02 Å². The van der Waals surface area contributed by atoms with E-state index < -0.39 is 11.7 Å². The van der Waals surface area contributed by atoms with Crippen molar-refractivity contribution in [1.29, 1.82) is 0 Å². The van der Waals surface area contributed by atoms with Crippen molar-refractivity contribution in [2.45, 2.75) is 13.1 Å². The topological polar surface area (TPSA) is 36.4 Å². The molecule has 1 aliphatic heterocycles. The Bertz CT molecular complexity index is 506. The molecule has 104 valence electrons. The highest BCUT2D eigenvalue weighted by molar-refractivity contribution is 6.33. The summed E-state index contributed by atoms with van der Waals surface area (Å²) in [5.41, 5.74) is -0.904. The van der Waals surface area contributed by atoms with Crippen LogP contribution in [-0.2, 0) is 11.0 Å². The average molecular weight is 294 g/mol. The lowest BCUT2D eigenvalue weighted by atomic mass is 10.2. The number of carbonyl (C=O) groups is 1. The zero-order valence-electron chi connectivity index (χ0n) is 10.0. The van der Waals surface area contributed by atoms with Gasteiger partial charge in [-0.25, -0.2) is 4.98 Å². The quantitative estimate of drug-likeness (QED) is 0.840. The minimum atomic E-state index is -4.48. The molecule has 19 heavy (non-hydrogen) atoms. The van der Waals surface area contributed by atoms with Gasteiger partial charge in [-0.2, -0.15) is 13.2 Å². The molecule has 0 bridgehead atoms. The number of hydrogen-bond acceptors (Lipinski definition) is 3. The normalized spacial score (nSPS) is 16.4. The predicted molar refractivity (Wildman–Crippen MR) is 63.8 cm³/mol. The molecule has 0 saturated carbocycles. The Kier molecular flexibility index (Phi) is 3.58. The van der Waals surface area contributed by atoms with E-state index in [1.165, 1.54) is 0 Å². The van der Waals surface area contributed by atoms with Crippen LogP contribution in [0.25, 0.3) is 0 Å². The maximum Gasteiger partial charge on any atom is 0.417 e. The Labute approximate surface area is 112 Å². The summed E-state index contributed by atoms with van der Waals surface area (Å²) in [5.74, 6) is 0.0965. The van der Waals surface area contributed by atoms with Gasteiger partial charge in [-0.15, -0.1) is 0 Å². The highest BCUT2D eigenvalue weighted by atomic mass is 35.5. The van der Waals surface area contributed by atoms with Crippen LogP contribution in [0.15, 0.2) is 12.3 Å². The van der Waals surface area contributed by atoms with Gasteiger partial charge in [0.25, 0.3) is 0 Å². The van der Waals surface area contributed by atoms with Crippen molar-refractivity contribution in [2.75, 3.05) is 24.7 Å². The molecule has 2 heterocycles. The largest absolute Gasteiger partial charge is 0.417 e. The van der Waals surface area contributed by atoms with Gasteiger partial charge in [-0.1, -0.05) is 11.6 Å². The molecule has 1 aliphatic rings. The maximum atomic E-state index is 12.5. The van der Waals surface area contributed by atoms with E-state index in [-0.39, 0.29) is 30.0 Å². The first-order chi connectivity index (χ1) is 8.82. The Hall–Kier alpha value is -1.50. The standard InChI is InChI=1S/C11H11ClF3N3O/c1-2-17-6-18(5-9(17)19)10-8(12)3-7(4-16-10)11(13,14)15/h3-4H,2,5-6H2,1H3. The number of pyridine rings is 1. The van der Waals surface area contributed by atoms with Crippen molar-refractivity contribution in [3.63, 3.8) is 0 Å². The van der Waals surface area contributed by atoms with E-state index in [4.69, 9.17) is 11.6 Å². The fraction of sp³-hybridized carbons (Fsp3) is 0.455. The summed E-state index contributed by atoms with van der Waals surface area (Å²) in [6.07, 6.45) is -3.76. The second kappa shape index (κ2) is 4.88. The van der Waals surface area contributed by atoms with E-state index in [1.807, 2.05) is 6.92 Å². The number of carbonyl (C=O) groups excluding carboxylic acids is 1. The maximum absolute atomic E-state index is 12.5. The number of halogens is 4. The first-order valence-electron chi connectivity index (χ1n) is 5.58. The number of anilines is 1. The number of rotatable bonds is 2. The molecule has 1 aromatic heterocycles. The zero-order chi connectivity index (χ0) is 14.2. The summed E-state index contributed by atoms with van der Waals surface area (Å²) >= 11 is 5.82. The molecule has 0 aromatic carbocycles. The van der Waals surface area contributed by atoms with Crippen LogP contribution in [0.5, 0.6) is 0 Å². The van der Waals surface area contributed by atoms with Crippen LogP contribution in [0, 0.1) is 0 Å². The first-order valence-corrected chi connectivity index (χ1v) is 5.96. The average Bonchev–Trinajstić information content (AvgIpc) is 2.69. The van der Waals surface area contributed by atoms with E-state index in [0.717, 1.165) is 12.3 Å². The van der Waals surface area contributed by atoms with Gasteiger partial charge in [0.1, 0.15) is 12.4 Å². The summed E-state index contributed by atoms with van der Waals surface area (Å²) in [5, 5.41) is -0.111. The molecule has 0 radical (unpaired) electrons. The van der Waals surface area contributed by atoms with Crippen molar-refractivity contribution < 1.29 is 18.0 Å². The van der Waals surface area contributed by atoms with Gasteiger partial charge in [0.15, 0.2) is 0 Å². The van der Waals surface area contributed by atoms with Crippen molar-refractivity contribution in [1.82, 2.24) is 9.88 Å². The molecule has 1 amide bonds. The molecular formula is C11H11ClF3N3O. The molecule has 2 rings (SSSR count). The number of amides is 1. The zero-order valence-corrected chi connectivity index (χ0v) is 10.8. The van der Waals surface area contributed by atoms with E-state index in [9.17, 15) is 18.0 Å². The smallest absolute Gasteiger partial charge is 0.328 e. The third-order valence-corrected chi connectivity index (χ3v) is 3.13. The number of hydrogen-bond donors (Lipinski definition) is 0. The molecular weight excluding hydrogens is 283 g/mol. The lowest BCUT2D eigenvalue weighted by Gasteiger charge is -2.19. The minimum absolute atomic E-state index is 0.0753. The molecule has 1 aromatic rings. The van der Waals surface area contributed by atoms with Crippen molar-refractivity contribution in [3.05, 3.63) is 22.8 Å². The fourth-order valence-corrected chi connectivity index (χ4v) is 2.12. The Morgan fingerprint density at radius 2 is 2.16 bits per heavy atom. The number of nitrogens with zero attached hydrogens (tertiary/aromatic N) is 3. The summed E-state index contributed by atoms with van der Waals surface area (Å²) in [6, 6.07) is 0.822. The summed E-state index contributed by atoms with van der Waals surface area (Å²) in [4.78, 5) is 18.4. The highest BCUT2D eigenvalue weighted by Gasteiger charge is 2.33. The van der Waals surface area contributed by atoms with Crippen LogP contribution >= 0.6 is 11.6 Å². The fourth-order valence-electron chi connectivity index (χ4n) is 1.83. The number of alkyl halides is 3. The number of aromatic nitrogens is 1. The van der Waals surface area contributed by atoms with Gasteiger partial charge in [0.05, 0.1) is 17.3 Å². The van der Waals surface area contributed by atoms with Crippen molar-refractivity contribution >= 4 is 23.3 Å². The molecule has 0 spiro atoms. The van der Waals surface area contributed by atoms with Crippen LogP contribution in [-0.4, -0.2) is 35.5 Å². The SMILES string of the molecule is CCN1CN(c2ncc(C(F)(F)F)cc2Cl)CC1=O. The summed E-state index contributed by atoms with van der Waals surface area (Å²) < 4.78 is 37.4. The van der Waals surface area contributed by atoms with Crippen LogP contribution in [0.3, 0.4) is 0 Å². The molecule has 1 saturated heterocycles. The molecule has 0 aliphatic carbocycles.